The van der Waals surface area contributed by atoms with Crippen molar-refractivity contribution < 1.29 is 28.9 Å². The van der Waals surface area contributed by atoms with E-state index in [0.29, 0.717) is 79.7 Å². The minimum atomic E-state index is -0.0734. The lowest BCUT2D eigenvalue weighted by Crippen LogP contribution is -2.40. The van der Waals surface area contributed by atoms with E-state index >= 15 is 0 Å². The number of β-amino-alcohol motifs (C(OH)–C–C–N with tert-alkyl or cyclic N) is 1. The number of piperidine rings is 1. The number of methoxy groups -OCH3 is 1. The minimum absolute atomic E-state index is 0.0357. The molecule has 1 amide bonds. The van der Waals surface area contributed by atoms with Crippen LogP contribution in [0.2, 0.25) is 0 Å². The van der Waals surface area contributed by atoms with Crippen molar-refractivity contribution in [2.45, 2.75) is 31.8 Å². The zero-order valence-corrected chi connectivity index (χ0v) is 17.8. The molecular formula is C23H25N3O6. The molecule has 1 fully saturated rings. The lowest BCUT2D eigenvalue weighted by Gasteiger charge is -2.30. The van der Waals surface area contributed by atoms with Crippen molar-refractivity contribution in [3.63, 3.8) is 0 Å². The summed E-state index contributed by atoms with van der Waals surface area (Å²) in [5, 5.41) is 20.2. The molecule has 0 aliphatic carbocycles. The molecule has 0 spiro atoms. The maximum Gasteiger partial charge on any atom is 0.222 e. The molecule has 4 heterocycles. The van der Waals surface area contributed by atoms with Crippen molar-refractivity contribution >= 4 is 17.1 Å². The quantitative estimate of drug-likeness (QED) is 0.601. The minimum Gasteiger partial charge on any atom is -0.507 e. The topological polar surface area (TPSA) is 118 Å². The first-order valence-electron chi connectivity index (χ1n) is 10.7. The summed E-state index contributed by atoms with van der Waals surface area (Å²) in [6, 6.07) is 5.50. The highest BCUT2D eigenvalue weighted by Gasteiger charge is 2.30. The highest BCUT2D eigenvalue weighted by atomic mass is 16.5. The van der Waals surface area contributed by atoms with Crippen LogP contribution in [0.1, 0.15) is 35.8 Å². The second kappa shape index (κ2) is 8.40. The Morgan fingerprint density at radius 2 is 2.16 bits per heavy atom. The van der Waals surface area contributed by atoms with Crippen molar-refractivity contribution in [1.82, 2.24) is 14.9 Å². The number of aliphatic hydroxyl groups is 1. The Hall–Kier alpha value is -3.17. The van der Waals surface area contributed by atoms with Crippen LogP contribution in [0.4, 0.5) is 0 Å². The molecule has 1 saturated heterocycles. The summed E-state index contributed by atoms with van der Waals surface area (Å²) in [5.74, 6) is 1.36. The maximum atomic E-state index is 12.0. The number of aliphatic hydroxyl groups excluding tert-OH is 1. The van der Waals surface area contributed by atoms with Gasteiger partial charge in [0.25, 0.3) is 0 Å². The van der Waals surface area contributed by atoms with E-state index in [4.69, 9.17) is 13.9 Å². The molecule has 0 unspecified atom stereocenters. The summed E-state index contributed by atoms with van der Waals surface area (Å²) < 4.78 is 16.9. The number of oxazole rings is 1. The predicted octanol–water partition coefficient (Wildman–Crippen LogP) is 2.38. The number of nitrogens with zero attached hydrogens (tertiary/aromatic N) is 3. The smallest absolute Gasteiger partial charge is 0.222 e. The number of aromatic hydroxyl groups is 1. The van der Waals surface area contributed by atoms with Gasteiger partial charge in [-0.15, -0.1) is 0 Å². The molecule has 2 N–H and O–H groups in total. The Kier molecular flexibility index (Phi) is 5.44. The molecule has 2 aromatic heterocycles. The number of pyridine rings is 1. The van der Waals surface area contributed by atoms with Crippen LogP contribution in [-0.4, -0.2) is 64.4 Å². The summed E-state index contributed by atoms with van der Waals surface area (Å²) in [4.78, 5) is 23.0. The van der Waals surface area contributed by atoms with Gasteiger partial charge in [-0.1, -0.05) is 0 Å². The van der Waals surface area contributed by atoms with Gasteiger partial charge < -0.3 is 29.0 Å². The van der Waals surface area contributed by atoms with Crippen molar-refractivity contribution in [1.29, 1.82) is 0 Å². The van der Waals surface area contributed by atoms with Crippen LogP contribution in [0.5, 0.6) is 11.5 Å². The van der Waals surface area contributed by atoms with E-state index in [1.807, 2.05) is 6.07 Å². The summed E-state index contributed by atoms with van der Waals surface area (Å²) >= 11 is 0. The van der Waals surface area contributed by atoms with Gasteiger partial charge in [0, 0.05) is 44.2 Å². The van der Waals surface area contributed by atoms with Crippen LogP contribution in [0, 0.1) is 0 Å². The number of aromatic nitrogens is 2. The summed E-state index contributed by atoms with van der Waals surface area (Å²) in [5.41, 5.74) is 3.75. The Balaban J connectivity index is 1.51. The number of carbonyl (C=O) groups is 1. The molecule has 3 aromatic rings. The third kappa shape index (κ3) is 3.57. The normalized spacial score (nSPS) is 18.2. The van der Waals surface area contributed by atoms with Crippen molar-refractivity contribution in [2.75, 3.05) is 33.4 Å². The van der Waals surface area contributed by atoms with Gasteiger partial charge in [-0.3, -0.25) is 4.79 Å². The summed E-state index contributed by atoms with van der Waals surface area (Å²) in [7, 11) is 1.60. The first-order valence-corrected chi connectivity index (χ1v) is 10.7. The first kappa shape index (κ1) is 20.7. The van der Waals surface area contributed by atoms with Crippen LogP contribution < -0.4 is 4.74 Å². The van der Waals surface area contributed by atoms with Crippen molar-refractivity contribution in [3.8, 4) is 22.8 Å². The molecule has 2 aliphatic heterocycles. The van der Waals surface area contributed by atoms with Gasteiger partial charge in [-0.2, -0.15) is 4.98 Å². The molecule has 0 radical (unpaired) electrons. The number of fused-ring (bicyclic) bond motifs is 2. The van der Waals surface area contributed by atoms with E-state index in [-0.39, 0.29) is 24.2 Å². The maximum absolute atomic E-state index is 12.0. The van der Waals surface area contributed by atoms with Gasteiger partial charge in [0.05, 0.1) is 31.4 Å². The molecule has 0 bridgehead atoms. The lowest BCUT2D eigenvalue weighted by molar-refractivity contribution is -0.134. The molecule has 9 heteroatoms. The number of benzene rings is 1. The van der Waals surface area contributed by atoms with Crippen LogP contribution >= 0.6 is 0 Å². The highest BCUT2D eigenvalue weighted by molar-refractivity contribution is 5.80. The van der Waals surface area contributed by atoms with Gasteiger partial charge in [0.15, 0.2) is 11.2 Å². The molecule has 2 aliphatic rings. The zero-order valence-electron chi connectivity index (χ0n) is 17.8. The van der Waals surface area contributed by atoms with E-state index < -0.39 is 0 Å². The molecule has 0 saturated carbocycles. The van der Waals surface area contributed by atoms with Gasteiger partial charge in [-0.05, 0) is 30.2 Å². The van der Waals surface area contributed by atoms with E-state index in [1.165, 1.54) is 0 Å². The van der Waals surface area contributed by atoms with Crippen molar-refractivity contribution in [3.05, 3.63) is 35.2 Å². The monoisotopic (exact) mass is 439 g/mol. The fourth-order valence-corrected chi connectivity index (χ4v) is 4.53. The second-order valence-corrected chi connectivity index (χ2v) is 8.14. The van der Waals surface area contributed by atoms with Crippen molar-refractivity contribution in [2.24, 2.45) is 0 Å². The van der Waals surface area contributed by atoms with E-state index in [2.05, 4.69) is 9.97 Å². The fourth-order valence-electron chi connectivity index (χ4n) is 4.53. The highest BCUT2D eigenvalue weighted by Crippen LogP contribution is 2.43. The van der Waals surface area contributed by atoms with E-state index in [0.717, 1.165) is 11.1 Å². The van der Waals surface area contributed by atoms with Gasteiger partial charge in [-0.25, -0.2) is 4.98 Å². The molecule has 9 nitrogen and oxygen atoms in total. The Morgan fingerprint density at radius 3 is 2.97 bits per heavy atom. The predicted molar refractivity (Wildman–Crippen MR) is 114 cm³/mol. The number of hydrogen-bond donors (Lipinski definition) is 2. The van der Waals surface area contributed by atoms with Gasteiger partial charge in [0.2, 0.25) is 11.8 Å². The molecule has 168 valence electrons. The second-order valence-electron chi connectivity index (χ2n) is 8.14. The number of carbonyl (C=O) groups excluding carboxylic acids is 1. The number of phenolic OH excluding ortho intramolecular Hbond substituents is 1. The SMILES string of the molecule is COCc1cc2c(c(O)c1-c1ccc3oc([C@@H]4CCC(=O)N(CCO)C4)nc3n1)CCO2. The van der Waals surface area contributed by atoms with Crippen LogP contribution in [0.15, 0.2) is 22.6 Å². The molecule has 5 rings (SSSR count). The largest absolute Gasteiger partial charge is 0.507 e. The Bertz CT molecular complexity index is 1170. The van der Waals surface area contributed by atoms with Gasteiger partial charge in [0.1, 0.15) is 11.5 Å². The van der Waals surface area contributed by atoms with E-state index in [1.54, 1.807) is 24.1 Å². The van der Waals surface area contributed by atoms with Crippen LogP contribution in [-0.2, 0) is 22.6 Å². The standard InChI is InChI=1S/C23H25N3O6/c1-30-12-14-10-18-15(6-9-31-18)21(29)20(14)16-3-4-17-22(24-16)25-23(32-17)13-2-5-19(28)26(11-13)7-8-27/h3-4,10,13,27,29H,2,5-9,11-12H2,1H3/t13-/m1/s1. The number of hydrogen-bond acceptors (Lipinski definition) is 8. The van der Waals surface area contributed by atoms with Crippen LogP contribution in [0.3, 0.4) is 0 Å². The van der Waals surface area contributed by atoms with E-state index in [9.17, 15) is 15.0 Å². The van der Waals surface area contributed by atoms with Crippen LogP contribution in [0.25, 0.3) is 22.5 Å². The molecular weight excluding hydrogens is 414 g/mol. The average Bonchev–Trinajstić information content (AvgIpc) is 3.42. The number of phenols is 1. The number of likely N-dealkylation sites (tertiary alicyclic amines) is 1. The van der Waals surface area contributed by atoms with Gasteiger partial charge >= 0.3 is 0 Å². The third-order valence-corrected chi connectivity index (χ3v) is 6.10. The zero-order chi connectivity index (χ0) is 22.2. The first-order chi connectivity index (χ1) is 15.6. The summed E-state index contributed by atoms with van der Waals surface area (Å²) in [6.07, 6.45) is 1.68. The Morgan fingerprint density at radius 1 is 1.28 bits per heavy atom. The third-order valence-electron chi connectivity index (χ3n) is 6.10. The Labute approximate surface area is 184 Å². The molecule has 32 heavy (non-hydrogen) atoms. The summed E-state index contributed by atoms with van der Waals surface area (Å²) in [6.45, 7) is 1.54. The number of amides is 1. The lowest BCUT2D eigenvalue weighted by atomic mass is 9.97. The number of rotatable bonds is 6. The number of ether oxygens (including phenoxy) is 2. The fraction of sp³-hybridized carbons (Fsp3) is 0.435. The average molecular weight is 439 g/mol. The molecule has 1 aromatic carbocycles. The molecule has 1 atom stereocenters.